The van der Waals surface area contributed by atoms with Crippen LogP contribution >= 0.6 is 0 Å². The van der Waals surface area contributed by atoms with Crippen molar-refractivity contribution in [1.82, 2.24) is 5.32 Å². The zero-order valence-corrected chi connectivity index (χ0v) is 10.9. The SMILES string of the molecule is CCCNC(CCC1CC1)c1ccc(F)cc1F. The molecule has 0 aliphatic heterocycles. The van der Waals surface area contributed by atoms with Gasteiger partial charge in [0.25, 0.3) is 0 Å². The number of hydrogen-bond acceptors (Lipinski definition) is 1. The van der Waals surface area contributed by atoms with Crippen LogP contribution in [0.5, 0.6) is 0 Å². The number of hydrogen-bond donors (Lipinski definition) is 1. The minimum atomic E-state index is -0.507. The monoisotopic (exact) mass is 253 g/mol. The molecule has 100 valence electrons. The summed E-state index contributed by atoms with van der Waals surface area (Å²) in [7, 11) is 0. The molecule has 1 fully saturated rings. The van der Waals surface area contributed by atoms with Crippen molar-refractivity contribution in [2.75, 3.05) is 6.54 Å². The Kier molecular flexibility index (Phi) is 4.70. The standard InChI is InChI=1S/C15H21F2N/c1-2-9-18-15(8-5-11-3-4-11)13-7-6-12(16)10-14(13)17/h6-7,10-11,15,18H,2-5,8-9H2,1H3. The second kappa shape index (κ2) is 6.28. The molecule has 1 N–H and O–H groups in total. The van der Waals surface area contributed by atoms with Crippen molar-refractivity contribution < 1.29 is 8.78 Å². The summed E-state index contributed by atoms with van der Waals surface area (Å²) in [5.74, 6) is -0.105. The summed E-state index contributed by atoms with van der Waals surface area (Å²) in [6.45, 7) is 2.96. The Morgan fingerprint density at radius 2 is 2.11 bits per heavy atom. The highest BCUT2D eigenvalue weighted by atomic mass is 19.1. The number of halogens is 2. The fourth-order valence-corrected chi connectivity index (χ4v) is 2.28. The average Bonchev–Trinajstić information content (AvgIpc) is 3.14. The third-order valence-electron chi connectivity index (χ3n) is 3.54. The van der Waals surface area contributed by atoms with Crippen LogP contribution in [0.4, 0.5) is 8.78 Å². The van der Waals surface area contributed by atoms with Gasteiger partial charge in [-0.2, -0.15) is 0 Å². The van der Waals surface area contributed by atoms with Gasteiger partial charge in [0.2, 0.25) is 0 Å². The molecule has 1 aliphatic carbocycles. The first-order chi connectivity index (χ1) is 8.70. The summed E-state index contributed by atoms with van der Waals surface area (Å²) < 4.78 is 26.7. The van der Waals surface area contributed by atoms with Crippen molar-refractivity contribution in [1.29, 1.82) is 0 Å². The smallest absolute Gasteiger partial charge is 0.130 e. The molecule has 1 atom stereocenters. The van der Waals surface area contributed by atoms with Gasteiger partial charge in [0.15, 0.2) is 0 Å². The minimum absolute atomic E-state index is 0.0196. The van der Waals surface area contributed by atoms with Gasteiger partial charge in [-0.15, -0.1) is 0 Å². The molecular formula is C15H21F2N. The van der Waals surface area contributed by atoms with Crippen molar-refractivity contribution in [2.45, 2.75) is 45.1 Å². The van der Waals surface area contributed by atoms with E-state index in [1.807, 2.05) is 0 Å². The molecule has 1 aliphatic rings. The van der Waals surface area contributed by atoms with E-state index in [0.717, 1.165) is 37.8 Å². The molecule has 0 heterocycles. The molecule has 0 bridgehead atoms. The maximum Gasteiger partial charge on any atom is 0.130 e. The van der Waals surface area contributed by atoms with Gasteiger partial charge in [0.1, 0.15) is 11.6 Å². The molecule has 18 heavy (non-hydrogen) atoms. The van der Waals surface area contributed by atoms with Gasteiger partial charge >= 0.3 is 0 Å². The average molecular weight is 253 g/mol. The summed E-state index contributed by atoms with van der Waals surface area (Å²) in [6.07, 6.45) is 5.72. The molecule has 0 saturated heterocycles. The van der Waals surface area contributed by atoms with Crippen molar-refractivity contribution >= 4 is 0 Å². The Hall–Kier alpha value is -0.960. The molecule has 1 unspecified atom stereocenters. The lowest BCUT2D eigenvalue weighted by molar-refractivity contribution is 0.448. The van der Waals surface area contributed by atoms with Crippen LogP contribution in [0.15, 0.2) is 18.2 Å². The van der Waals surface area contributed by atoms with Crippen molar-refractivity contribution in [3.63, 3.8) is 0 Å². The minimum Gasteiger partial charge on any atom is -0.310 e. The first-order valence-corrected chi connectivity index (χ1v) is 6.89. The molecule has 1 nitrogen and oxygen atoms in total. The van der Waals surface area contributed by atoms with E-state index in [2.05, 4.69) is 12.2 Å². The summed E-state index contributed by atoms with van der Waals surface area (Å²) >= 11 is 0. The normalized spacial score (nSPS) is 16.8. The van der Waals surface area contributed by atoms with Crippen LogP contribution in [0.25, 0.3) is 0 Å². The van der Waals surface area contributed by atoms with Crippen LogP contribution in [0.2, 0.25) is 0 Å². The van der Waals surface area contributed by atoms with Crippen LogP contribution in [-0.4, -0.2) is 6.54 Å². The molecular weight excluding hydrogens is 232 g/mol. The van der Waals surface area contributed by atoms with Crippen molar-refractivity contribution in [2.24, 2.45) is 5.92 Å². The number of benzene rings is 1. The molecule has 0 amide bonds. The van der Waals surface area contributed by atoms with Gasteiger partial charge in [-0.3, -0.25) is 0 Å². The highest BCUT2D eigenvalue weighted by Crippen LogP contribution is 2.36. The van der Waals surface area contributed by atoms with Gasteiger partial charge in [-0.25, -0.2) is 8.78 Å². The summed E-state index contributed by atoms with van der Waals surface area (Å²) in [5, 5.41) is 3.37. The first kappa shape index (κ1) is 13.5. The zero-order valence-electron chi connectivity index (χ0n) is 10.9. The van der Waals surface area contributed by atoms with Gasteiger partial charge in [0, 0.05) is 17.7 Å². The van der Waals surface area contributed by atoms with E-state index in [4.69, 9.17) is 0 Å². The Morgan fingerprint density at radius 1 is 1.33 bits per heavy atom. The lowest BCUT2D eigenvalue weighted by Crippen LogP contribution is -2.23. The number of rotatable bonds is 7. The lowest BCUT2D eigenvalue weighted by Gasteiger charge is -2.19. The largest absolute Gasteiger partial charge is 0.310 e. The fourth-order valence-electron chi connectivity index (χ4n) is 2.28. The Morgan fingerprint density at radius 3 is 2.72 bits per heavy atom. The zero-order chi connectivity index (χ0) is 13.0. The highest BCUT2D eigenvalue weighted by Gasteiger charge is 2.24. The second-order valence-electron chi connectivity index (χ2n) is 5.19. The predicted octanol–water partition coefficient (Wildman–Crippen LogP) is 4.20. The van der Waals surface area contributed by atoms with Gasteiger partial charge in [0.05, 0.1) is 0 Å². The Labute approximate surface area is 108 Å². The van der Waals surface area contributed by atoms with E-state index in [1.165, 1.54) is 18.9 Å². The van der Waals surface area contributed by atoms with E-state index in [0.29, 0.717) is 5.56 Å². The molecule has 3 heteroatoms. The lowest BCUT2D eigenvalue weighted by atomic mass is 9.99. The highest BCUT2D eigenvalue weighted by molar-refractivity contribution is 5.22. The third kappa shape index (κ3) is 3.77. The van der Waals surface area contributed by atoms with Crippen LogP contribution in [0, 0.1) is 17.6 Å². The summed E-state index contributed by atoms with van der Waals surface area (Å²) in [4.78, 5) is 0. The molecule has 0 spiro atoms. The number of nitrogens with one attached hydrogen (secondary N) is 1. The van der Waals surface area contributed by atoms with Crippen LogP contribution in [0.3, 0.4) is 0 Å². The quantitative estimate of drug-likeness (QED) is 0.768. The predicted molar refractivity (Wildman–Crippen MR) is 69.4 cm³/mol. The maximum absolute atomic E-state index is 13.8. The van der Waals surface area contributed by atoms with E-state index < -0.39 is 11.6 Å². The van der Waals surface area contributed by atoms with Gasteiger partial charge in [-0.05, 0) is 37.8 Å². The van der Waals surface area contributed by atoms with Crippen molar-refractivity contribution in [3.8, 4) is 0 Å². The van der Waals surface area contributed by atoms with E-state index in [1.54, 1.807) is 6.07 Å². The van der Waals surface area contributed by atoms with Crippen LogP contribution in [-0.2, 0) is 0 Å². The van der Waals surface area contributed by atoms with Gasteiger partial charge in [-0.1, -0.05) is 25.8 Å². The van der Waals surface area contributed by atoms with Crippen LogP contribution in [0.1, 0.15) is 50.6 Å². The molecule has 2 rings (SSSR count). The molecule has 1 aromatic carbocycles. The van der Waals surface area contributed by atoms with E-state index >= 15 is 0 Å². The maximum atomic E-state index is 13.8. The summed E-state index contributed by atoms with van der Waals surface area (Å²) in [5.41, 5.74) is 0.602. The van der Waals surface area contributed by atoms with Crippen LogP contribution < -0.4 is 5.32 Å². The molecule has 0 radical (unpaired) electrons. The third-order valence-corrected chi connectivity index (χ3v) is 3.54. The molecule has 0 aromatic heterocycles. The second-order valence-corrected chi connectivity index (χ2v) is 5.19. The Bertz CT molecular complexity index is 388. The molecule has 1 aromatic rings. The fraction of sp³-hybridized carbons (Fsp3) is 0.600. The van der Waals surface area contributed by atoms with Gasteiger partial charge < -0.3 is 5.32 Å². The first-order valence-electron chi connectivity index (χ1n) is 6.89. The Balaban J connectivity index is 2.04. The van der Waals surface area contributed by atoms with Crippen molar-refractivity contribution in [3.05, 3.63) is 35.4 Å². The van der Waals surface area contributed by atoms with E-state index in [-0.39, 0.29) is 6.04 Å². The van der Waals surface area contributed by atoms with E-state index in [9.17, 15) is 8.78 Å². The summed E-state index contributed by atoms with van der Waals surface area (Å²) in [6, 6.07) is 3.92. The topological polar surface area (TPSA) is 12.0 Å². The molecule has 1 saturated carbocycles.